The number of sulfonamides is 1. The number of carbonyl (C=O) groups is 2. The van der Waals surface area contributed by atoms with Crippen molar-refractivity contribution in [3.8, 4) is 0 Å². The lowest BCUT2D eigenvalue weighted by molar-refractivity contribution is -0.139. The number of halogens is 1. The predicted octanol–water partition coefficient (Wildman–Crippen LogP) is 3.86. The van der Waals surface area contributed by atoms with Gasteiger partial charge in [-0.05, 0) is 57.0 Å². The minimum absolute atomic E-state index is 0.0356. The molecular weight excluding hydrogens is 506 g/mol. The van der Waals surface area contributed by atoms with E-state index in [9.17, 15) is 18.0 Å². The number of benzene rings is 2. The smallest absolute Gasteiger partial charge is 0.244 e. The molecular formula is C24H32BrN3O4S. The van der Waals surface area contributed by atoms with E-state index in [4.69, 9.17) is 0 Å². The van der Waals surface area contributed by atoms with E-state index < -0.39 is 28.5 Å². The highest BCUT2D eigenvalue weighted by Gasteiger charge is 2.30. The van der Waals surface area contributed by atoms with Gasteiger partial charge in [0.2, 0.25) is 21.8 Å². The zero-order chi connectivity index (χ0) is 24.8. The van der Waals surface area contributed by atoms with Crippen molar-refractivity contribution in [2.75, 3.05) is 17.1 Å². The summed E-state index contributed by atoms with van der Waals surface area (Å²) in [4.78, 5) is 27.7. The quantitative estimate of drug-likeness (QED) is 0.498. The van der Waals surface area contributed by atoms with E-state index in [1.165, 1.54) is 4.90 Å². The lowest BCUT2D eigenvalue weighted by Gasteiger charge is -2.32. The van der Waals surface area contributed by atoms with E-state index >= 15 is 0 Å². The fraction of sp³-hybridized carbons (Fsp3) is 0.417. The molecule has 0 spiro atoms. The molecule has 0 saturated carbocycles. The second-order valence-electron chi connectivity index (χ2n) is 8.25. The van der Waals surface area contributed by atoms with Crippen LogP contribution in [0.25, 0.3) is 0 Å². The monoisotopic (exact) mass is 537 g/mol. The number of aryl methyl sites for hydroxylation is 1. The van der Waals surface area contributed by atoms with Crippen molar-refractivity contribution in [1.82, 2.24) is 10.2 Å². The highest BCUT2D eigenvalue weighted by Crippen LogP contribution is 2.21. The van der Waals surface area contributed by atoms with Gasteiger partial charge < -0.3 is 10.2 Å². The summed E-state index contributed by atoms with van der Waals surface area (Å²) in [5.74, 6) is -0.741. The summed E-state index contributed by atoms with van der Waals surface area (Å²) in [5, 5.41) is 2.91. The molecule has 0 radical (unpaired) electrons. The van der Waals surface area contributed by atoms with Gasteiger partial charge in [0.1, 0.15) is 12.6 Å². The third-order valence-corrected chi connectivity index (χ3v) is 7.10. The maximum Gasteiger partial charge on any atom is 0.244 e. The van der Waals surface area contributed by atoms with Crippen LogP contribution < -0.4 is 9.62 Å². The van der Waals surface area contributed by atoms with Gasteiger partial charge >= 0.3 is 0 Å². The van der Waals surface area contributed by atoms with Crippen LogP contribution in [0.5, 0.6) is 0 Å². The van der Waals surface area contributed by atoms with Crippen molar-refractivity contribution in [1.29, 1.82) is 0 Å². The summed E-state index contributed by atoms with van der Waals surface area (Å²) in [6.07, 6.45) is 1.82. The minimum Gasteiger partial charge on any atom is -0.352 e. The number of carbonyl (C=O) groups excluding carboxylic acids is 2. The Morgan fingerprint density at radius 1 is 1.03 bits per heavy atom. The van der Waals surface area contributed by atoms with Crippen molar-refractivity contribution < 1.29 is 18.0 Å². The van der Waals surface area contributed by atoms with Crippen molar-refractivity contribution in [2.24, 2.45) is 0 Å². The molecule has 0 aromatic heterocycles. The van der Waals surface area contributed by atoms with Crippen molar-refractivity contribution >= 4 is 43.5 Å². The van der Waals surface area contributed by atoms with E-state index in [0.29, 0.717) is 5.69 Å². The van der Waals surface area contributed by atoms with E-state index in [2.05, 4.69) is 21.2 Å². The molecule has 1 N–H and O–H groups in total. The summed E-state index contributed by atoms with van der Waals surface area (Å²) in [7, 11) is -3.74. The molecule has 9 heteroatoms. The zero-order valence-electron chi connectivity index (χ0n) is 19.7. The standard InChI is InChI=1S/C24H32BrN3O4S/c1-6-18(3)26-24(30)19(4)27(15-20-9-7-17(2)8-10-20)23(29)16-28(33(5,31)32)22-13-11-21(25)12-14-22/h7-14,18-19H,6,15-16H2,1-5H3,(H,26,30)/t18-,19-/m1/s1. The number of hydrogen-bond donors (Lipinski definition) is 1. The number of nitrogens with zero attached hydrogens (tertiary/aromatic N) is 2. The average Bonchev–Trinajstić information content (AvgIpc) is 2.76. The number of rotatable bonds is 10. The molecule has 2 aromatic rings. The molecule has 33 heavy (non-hydrogen) atoms. The van der Waals surface area contributed by atoms with E-state index in [-0.39, 0.29) is 18.5 Å². The van der Waals surface area contributed by atoms with Gasteiger partial charge in [-0.3, -0.25) is 13.9 Å². The Bertz CT molecular complexity index is 1060. The Morgan fingerprint density at radius 3 is 2.12 bits per heavy atom. The predicted molar refractivity (Wildman–Crippen MR) is 135 cm³/mol. The molecule has 2 rings (SSSR count). The highest BCUT2D eigenvalue weighted by atomic mass is 79.9. The Morgan fingerprint density at radius 2 is 1.61 bits per heavy atom. The number of anilines is 1. The Balaban J connectivity index is 2.36. The molecule has 0 aliphatic carbocycles. The molecule has 2 amide bonds. The minimum atomic E-state index is -3.74. The molecule has 0 unspecified atom stereocenters. The number of hydrogen-bond acceptors (Lipinski definition) is 4. The van der Waals surface area contributed by atoms with Crippen LogP contribution in [0.1, 0.15) is 38.3 Å². The van der Waals surface area contributed by atoms with E-state index in [1.54, 1.807) is 31.2 Å². The summed E-state index contributed by atoms with van der Waals surface area (Å²) < 4.78 is 26.9. The van der Waals surface area contributed by atoms with Crippen LogP contribution in [0.3, 0.4) is 0 Å². The Kier molecular flexibility index (Phi) is 9.48. The Labute approximate surface area is 205 Å². The highest BCUT2D eigenvalue weighted by molar-refractivity contribution is 9.10. The summed E-state index contributed by atoms with van der Waals surface area (Å²) in [5.41, 5.74) is 2.31. The van der Waals surface area contributed by atoms with Gasteiger partial charge in [0.15, 0.2) is 0 Å². The maximum absolute atomic E-state index is 13.4. The summed E-state index contributed by atoms with van der Waals surface area (Å²) in [6.45, 7) is 7.27. The average molecular weight is 539 g/mol. The SMILES string of the molecule is CC[C@@H](C)NC(=O)[C@@H](C)N(Cc1ccc(C)cc1)C(=O)CN(c1ccc(Br)cc1)S(C)(=O)=O. The van der Waals surface area contributed by atoms with Gasteiger partial charge in [-0.25, -0.2) is 8.42 Å². The maximum atomic E-state index is 13.4. The fourth-order valence-corrected chi connectivity index (χ4v) is 4.27. The molecule has 0 aliphatic heterocycles. The van der Waals surface area contributed by atoms with E-state index in [0.717, 1.165) is 32.6 Å². The molecule has 0 bridgehead atoms. The third kappa shape index (κ3) is 7.85. The first-order valence-electron chi connectivity index (χ1n) is 10.8. The van der Waals surface area contributed by atoms with Crippen LogP contribution in [0.2, 0.25) is 0 Å². The van der Waals surface area contributed by atoms with Gasteiger partial charge in [-0.15, -0.1) is 0 Å². The van der Waals surface area contributed by atoms with Crippen LogP contribution >= 0.6 is 15.9 Å². The van der Waals surface area contributed by atoms with Gasteiger partial charge in [0, 0.05) is 17.1 Å². The van der Waals surface area contributed by atoms with Crippen molar-refractivity contribution in [3.05, 3.63) is 64.1 Å². The molecule has 2 aromatic carbocycles. The van der Waals surface area contributed by atoms with Gasteiger partial charge in [-0.1, -0.05) is 52.7 Å². The topological polar surface area (TPSA) is 86.8 Å². The second kappa shape index (κ2) is 11.7. The van der Waals surface area contributed by atoms with Crippen LogP contribution in [-0.4, -0.2) is 50.0 Å². The van der Waals surface area contributed by atoms with Crippen LogP contribution in [0, 0.1) is 6.92 Å². The zero-order valence-corrected chi connectivity index (χ0v) is 22.1. The first-order valence-corrected chi connectivity index (χ1v) is 13.4. The first kappa shape index (κ1) is 26.9. The van der Waals surface area contributed by atoms with Gasteiger partial charge in [0.25, 0.3) is 0 Å². The van der Waals surface area contributed by atoms with Gasteiger partial charge in [-0.2, -0.15) is 0 Å². The molecule has 7 nitrogen and oxygen atoms in total. The molecule has 2 atom stereocenters. The lowest BCUT2D eigenvalue weighted by Crippen LogP contribution is -2.52. The Hall–Kier alpha value is -2.39. The normalized spacial score (nSPS) is 13.2. The van der Waals surface area contributed by atoms with Crippen molar-refractivity contribution in [3.63, 3.8) is 0 Å². The summed E-state index contributed by atoms with van der Waals surface area (Å²) in [6, 6.07) is 13.5. The van der Waals surface area contributed by atoms with Crippen LogP contribution in [0.4, 0.5) is 5.69 Å². The molecule has 180 valence electrons. The molecule has 0 aliphatic rings. The van der Waals surface area contributed by atoms with Crippen molar-refractivity contribution in [2.45, 2.75) is 52.7 Å². The van der Waals surface area contributed by atoms with Gasteiger partial charge in [0.05, 0.1) is 11.9 Å². The fourth-order valence-electron chi connectivity index (χ4n) is 3.16. The summed E-state index contributed by atoms with van der Waals surface area (Å²) >= 11 is 3.33. The third-order valence-electron chi connectivity index (χ3n) is 5.44. The van der Waals surface area contributed by atoms with Crippen LogP contribution in [-0.2, 0) is 26.2 Å². The lowest BCUT2D eigenvalue weighted by atomic mass is 10.1. The molecule has 0 saturated heterocycles. The van der Waals surface area contributed by atoms with E-state index in [1.807, 2.05) is 45.0 Å². The molecule has 0 heterocycles. The largest absolute Gasteiger partial charge is 0.352 e. The van der Waals surface area contributed by atoms with Crippen LogP contribution in [0.15, 0.2) is 53.0 Å². The second-order valence-corrected chi connectivity index (χ2v) is 11.1. The molecule has 0 fully saturated rings. The first-order chi connectivity index (χ1) is 15.4. The number of amides is 2. The number of nitrogens with one attached hydrogen (secondary N) is 1.